The summed E-state index contributed by atoms with van der Waals surface area (Å²) in [4.78, 5) is 26.0. The fourth-order valence-electron chi connectivity index (χ4n) is 2.36. The van der Waals surface area contributed by atoms with Crippen molar-refractivity contribution in [1.29, 1.82) is 0 Å². The SMILES string of the molecule is Cc1nnccc1NC(=O)N1CCNC(=O)C1CC(C)C. The second kappa shape index (κ2) is 6.51. The lowest BCUT2D eigenvalue weighted by molar-refractivity contribution is -0.128. The minimum atomic E-state index is -0.422. The van der Waals surface area contributed by atoms with Gasteiger partial charge in [-0.15, -0.1) is 0 Å². The summed E-state index contributed by atoms with van der Waals surface area (Å²) in [5.41, 5.74) is 1.26. The number of hydrogen-bond acceptors (Lipinski definition) is 4. The predicted molar refractivity (Wildman–Crippen MR) is 78.7 cm³/mol. The Morgan fingerprint density at radius 2 is 2.33 bits per heavy atom. The van der Waals surface area contributed by atoms with Gasteiger partial charge in [-0.3, -0.25) is 4.79 Å². The van der Waals surface area contributed by atoms with Crippen molar-refractivity contribution in [3.05, 3.63) is 18.0 Å². The van der Waals surface area contributed by atoms with E-state index in [1.54, 1.807) is 17.9 Å². The predicted octanol–water partition coefficient (Wildman–Crippen LogP) is 1.16. The third kappa shape index (κ3) is 3.68. The van der Waals surface area contributed by atoms with E-state index >= 15 is 0 Å². The van der Waals surface area contributed by atoms with Crippen LogP contribution in [0.3, 0.4) is 0 Å². The van der Waals surface area contributed by atoms with Gasteiger partial charge in [0.15, 0.2) is 0 Å². The van der Waals surface area contributed by atoms with Crippen LogP contribution in [0.5, 0.6) is 0 Å². The van der Waals surface area contributed by atoms with Crippen molar-refractivity contribution in [2.24, 2.45) is 5.92 Å². The maximum absolute atomic E-state index is 12.4. The van der Waals surface area contributed by atoms with E-state index in [9.17, 15) is 9.59 Å². The van der Waals surface area contributed by atoms with Crippen LogP contribution in [0.2, 0.25) is 0 Å². The summed E-state index contributed by atoms with van der Waals surface area (Å²) in [6.07, 6.45) is 2.17. The molecule has 1 aliphatic rings. The summed E-state index contributed by atoms with van der Waals surface area (Å²) in [6.45, 7) is 6.84. The zero-order chi connectivity index (χ0) is 15.4. The molecule has 1 aliphatic heterocycles. The number of amides is 3. The summed E-state index contributed by atoms with van der Waals surface area (Å²) in [6, 6.07) is 1.00. The lowest BCUT2D eigenvalue weighted by Gasteiger charge is -2.35. The Bertz CT molecular complexity index is 532. The van der Waals surface area contributed by atoms with Gasteiger partial charge >= 0.3 is 6.03 Å². The zero-order valence-electron chi connectivity index (χ0n) is 12.6. The first-order valence-electron chi connectivity index (χ1n) is 7.12. The highest BCUT2D eigenvalue weighted by Gasteiger charge is 2.33. The summed E-state index contributed by atoms with van der Waals surface area (Å²) < 4.78 is 0. The Morgan fingerprint density at radius 1 is 1.57 bits per heavy atom. The minimum Gasteiger partial charge on any atom is -0.353 e. The van der Waals surface area contributed by atoms with Gasteiger partial charge in [-0.25, -0.2) is 4.79 Å². The van der Waals surface area contributed by atoms with Gasteiger partial charge in [-0.1, -0.05) is 13.8 Å². The monoisotopic (exact) mass is 291 g/mol. The first kappa shape index (κ1) is 15.2. The molecular formula is C14H21N5O2. The quantitative estimate of drug-likeness (QED) is 0.875. The number of nitrogens with zero attached hydrogens (tertiary/aromatic N) is 3. The largest absolute Gasteiger partial charge is 0.353 e. The minimum absolute atomic E-state index is 0.0883. The summed E-state index contributed by atoms with van der Waals surface area (Å²) in [5, 5.41) is 13.3. The van der Waals surface area contributed by atoms with Crippen LogP contribution in [0.25, 0.3) is 0 Å². The van der Waals surface area contributed by atoms with E-state index in [0.29, 0.717) is 36.8 Å². The highest BCUT2D eigenvalue weighted by Crippen LogP contribution is 2.17. The number of aromatic nitrogens is 2. The number of nitrogens with one attached hydrogen (secondary N) is 2. The van der Waals surface area contributed by atoms with Crippen LogP contribution in [0, 0.1) is 12.8 Å². The van der Waals surface area contributed by atoms with Crippen molar-refractivity contribution in [2.75, 3.05) is 18.4 Å². The number of hydrogen-bond donors (Lipinski definition) is 2. The van der Waals surface area contributed by atoms with Crippen LogP contribution in [0.15, 0.2) is 12.3 Å². The van der Waals surface area contributed by atoms with Crippen LogP contribution in [-0.2, 0) is 4.79 Å². The molecule has 2 N–H and O–H groups in total. The molecule has 1 aromatic heterocycles. The lowest BCUT2D eigenvalue weighted by atomic mass is 10.0. The van der Waals surface area contributed by atoms with Crippen LogP contribution < -0.4 is 10.6 Å². The van der Waals surface area contributed by atoms with Crippen molar-refractivity contribution in [3.8, 4) is 0 Å². The summed E-state index contributed by atoms with van der Waals surface area (Å²) >= 11 is 0. The Balaban J connectivity index is 2.12. The zero-order valence-corrected chi connectivity index (χ0v) is 12.6. The highest BCUT2D eigenvalue weighted by atomic mass is 16.2. The van der Waals surface area contributed by atoms with Gasteiger partial charge in [0, 0.05) is 13.1 Å². The number of piperazine rings is 1. The van der Waals surface area contributed by atoms with Crippen LogP contribution >= 0.6 is 0 Å². The maximum Gasteiger partial charge on any atom is 0.322 e. The van der Waals surface area contributed by atoms with Crippen LogP contribution in [0.1, 0.15) is 26.0 Å². The number of rotatable bonds is 3. The van der Waals surface area contributed by atoms with Crippen molar-refractivity contribution in [1.82, 2.24) is 20.4 Å². The number of anilines is 1. The molecule has 1 atom stereocenters. The molecule has 1 unspecified atom stereocenters. The Kier molecular flexibility index (Phi) is 4.72. The van der Waals surface area contributed by atoms with Crippen LogP contribution in [0.4, 0.5) is 10.5 Å². The first-order valence-corrected chi connectivity index (χ1v) is 7.12. The Morgan fingerprint density at radius 3 is 3.00 bits per heavy atom. The third-order valence-electron chi connectivity index (χ3n) is 3.43. The normalized spacial score (nSPS) is 18.6. The number of urea groups is 1. The molecule has 21 heavy (non-hydrogen) atoms. The van der Waals surface area contributed by atoms with E-state index in [1.807, 2.05) is 13.8 Å². The molecule has 1 saturated heterocycles. The fraction of sp³-hybridized carbons (Fsp3) is 0.571. The van der Waals surface area contributed by atoms with Gasteiger partial charge in [-0.05, 0) is 25.3 Å². The third-order valence-corrected chi connectivity index (χ3v) is 3.43. The molecule has 0 aliphatic carbocycles. The molecule has 0 aromatic carbocycles. The molecule has 0 radical (unpaired) electrons. The number of carbonyl (C=O) groups is 2. The molecule has 0 spiro atoms. The molecular weight excluding hydrogens is 270 g/mol. The molecule has 3 amide bonds. The highest BCUT2D eigenvalue weighted by molar-refractivity contribution is 5.94. The van der Waals surface area contributed by atoms with Crippen LogP contribution in [-0.4, -0.2) is 46.2 Å². The molecule has 2 rings (SSSR count). The van der Waals surface area contributed by atoms with Gasteiger partial charge in [0.05, 0.1) is 17.6 Å². The molecule has 0 saturated carbocycles. The fourth-order valence-corrected chi connectivity index (χ4v) is 2.36. The first-order chi connectivity index (χ1) is 9.99. The lowest BCUT2D eigenvalue weighted by Crippen LogP contribution is -2.58. The molecule has 2 heterocycles. The van der Waals surface area contributed by atoms with E-state index in [-0.39, 0.29) is 11.9 Å². The molecule has 1 aromatic rings. The second-order valence-electron chi connectivity index (χ2n) is 5.59. The van der Waals surface area contributed by atoms with Crippen molar-refractivity contribution in [2.45, 2.75) is 33.2 Å². The van der Waals surface area contributed by atoms with Crippen molar-refractivity contribution >= 4 is 17.6 Å². The summed E-state index contributed by atoms with van der Waals surface area (Å²) in [5.74, 6) is 0.244. The van der Waals surface area contributed by atoms with Gasteiger partial charge < -0.3 is 15.5 Å². The average Bonchev–Trinajstić information content (AvgIpc) is 2.43. The topological polar surface area (TPSA) is 87.2 Å². The van der Waals surface area contributed by atoms with E-state index in [2.05, 4.69) is 20.8 Å². The Hall–Kier alpha value is -2.18. The average molecular weight is 291 g/mol. The van der Waals surface area contributed by atoms with E-state index < -0.39 is 6.04 Å². The van der Waals surface area contributed by atoms with Crippen molar-refractivity contribution in [3.63, 3.8) is 0 Å². The van der Waals surface area contributed by atoms with Gasteiger partial charge in [-0.2, -0.15) is 10.2 Å². The van der Waals surface area contributed by atoms with Gasteiger partial charge in [0.1, 0.15) is 6.04 Å². The molecule has 1 fully saturated rings. The van der Waals surface area contributed by atoms with E-state index in [4.69, 9.17) is 0 Å². The smallest absolute Gasteiger partial charge is 0.322 e. The molecule has 0 bridgehead atoms. The molecule has 114 valence electrons. The standard InChI is InChI=1S/C14H21N5O2/c1-9(2)8-12-13(20)15-6-7-19(12)14(21)17-11-4-5-16-18-10(11)3/h4-5,9,12H,6-8H2,1-3H3,(H,15,20)(H,16,17,21). The van der Waals surface area contributed by atoms with Gasteiger partial charge in [0.25, 0.3) is 0 Å². The van der Waals surface area contributed by atoms with Crippen molar-refractivity contribution < 1.29 is 9.59 Å². The molecule has 7 heteroatoms. The number of aryl methyl sites for hydroxylation is 1. The maximum atomic E-state index is 12.4. The number of carbonyl (C=O) groups excluding carboxylic acids is 2. The summed E-state index contributed by atoms with van der Waals surface area (Å²) in [7, 11) is 0. The van der Waals surface area contributed by atoms with E-state index in [0.717, 1.165) is 0 Å². The Labute approximate surface area is 124 Å². The van der Waals surface area contributed by atoms with Gasteiger partial charge in [0.2, 0.25) is 5.91 Å². The second-order valence-corrected chi connectivity index (χ2v) is 5.59. The molecule has 7 nitrogen and oxygen atoms in total. The van der Waals surface area contributed by atoms with E-state index in [1.165, 1.54) is 6.20 Å².